The first kappa shape index (κ1) is 16.3. The van der Waals surface area contributed by atoms with E-state index in [2.05, 4.69) is 0 Å². The number of amides is 3. The Morgan fingerprint density at radius 3 is 2.42 bits per heavy atom. The van der Waals surface area contributed by atoms with Gasteiger partial charge in [0.05, 0.1) is 0 Å². The molecule has 2 aromatic carbocycles. The minimum Gasteiger partial charge on any atom is -0.314 e. The maximum atomic E-state index is 12.5. The topological polar surface area (TPSA) is 43.9 Å². The Hall–Kier alpha value is -2.53. The second kappa shape index (κ2) is 6.93. The normalized spacial score (nSPS) is 14.2. The number of hydrogen-bond acceptors (Lipinski definition) is 2. The number of anilines is 2. The van der Waals surface area contributed by atoms with E-state index in [4.69, 9.17) is 11.6 Å². The van der Waals surface area contributed by atoms with E-state index < -0.39 is 0 Å². The van der Waals surface area contributed by atoms with E-state index in [0.29, 0.717) is 18.1 Å². The smallest absolute Gasteiger partial charge is 0.314 e. The van der Waals surface area contributed by atoms with Gasteiger partial charge in [0.2, 0.25) is 5.91 Å². The van der Waals surface area contributed by atoms with Gasteiger partial charge in [0.1, 0.15) is 6.54 Å². The number of halogens is 1. The van der Waals surface area contributed by atoms with Crippen molar-refractivity contribution in [1.82, 2.24) is 4.90 Å². The highest BCUT2D eigenvalue weighted by Crippen LogP contribution is 2.22. The zero-order valence-corrected chi connectivity index (χ0v) is 14.1. The van der Waals surface area contributed by atoms with Crippen molar-refractivity contribution in [2.45, 2.75) is 0 Å². The van der Waals surface area contributed by atoms with Gasteiger partial charge in [-0.05, 0) is 36.4 Å². The van der Waals surface area contributed by atoms with Crippen molar-refractivity contribution in [3.63, 3.8) is 0 Å². The summed E-state index contributed by atoms with van der Waals surface area (Å²) in [4.78, 5) is 29.8. The van der Waals surface area contributed by atoms with Crippen molar-refractivity contribution < 1.29 is 9.59 Å². The number of urea groups is 1. The van der Waals surface area contributed by atoms with Crippen molar-refractivity contribution in [2.75, 3.05) is 36.5 Å². The fourth-order valence-corrected chi connectivity index (χ4v) is 2.78. The molecule has 1 aliphatic heterocycles. The van der Waals surface area contributed by atoms with Crippen LogP contribution in [0.2, 0.25) is 5.02 Å². The highest BCUT2D eigenvalue weighted by molar-refractivity contribution is 6.30. The van der Waals surface area contributed by atoms with E-state index in [1.807, 2.05) is 42.5 Å². The molecule has 2 aromatic rings. The molecule has 3 rings (SSSR count). The summed E-state index contributed by atoms with van der Waals surface area (Å²) in [6.45, 7) is 1.15. The lowest BCUT2D eigenvalue weighted by molar-refractivity contribution is -0.118. The number of benzene rings is 2. The summed E-state index contributed by atoms with van der Waals surface area (Å²) in [6.07, 6.45) is 0. The molecule has 5 nitrogen and oxygen atoms in total. The second-order valence-corrected chi connectivity index (χ2v) is 6.06. The number of carbonyl (C=O) groups excluding carboxylic acids is 2. The van der Waals surface area contributed by atoms with Gasteiger partial charge in [-0.3, -0.25) is 9.69 Å². The van der Waals surface area contributed by atoms with E-state index in [1.54, 1.807) is 33.9 Å². The lowest BCUT2D eigenvalue weighted by Crippen LogP contribution is -2.40. The molecular weight excluding hydrogens is 326 g/mol. The van der Waals surface area contributed by atoms with Crippen LogP contribution >= 0.6 is 11.6 Å². The first-order chi connectivity index (χ1) is 11.6. The van der Waals surface area contributed by atoms with Crippen LogP contribution in [0.15, 0.2) is 54.6 Å². The number of carbonyl (C=O) groups is 2. The summed E-state index contributed by atoms with van der Waals surface area (Å²) in [5.74, 6) is -0.118. The Labute approximate surface area is 146 Å². The second-order valence-electron chi connectivity index (χ2n) is 5.62. The van der Waals surface area contributed by atoms with Gasteiger partial charge in [0, 0.05) is 36.5 Å². The van der Waals surface area contributed by atoms with Crippen LogP contribution in [0.5, 0.6) is 0 Å². The molecule has 1 heterocycles. The van der Waals surface area contributed by atoms with E-state index in [-0.39, 0.29) is 18.5 Å². The Morgan fingerprint density at radius 2 is 1.75 bits per heavy atom. The molecule has 0 spiro atoms. The fraction of sp³-hybridized carbons (Fsp3) is 0.222. The molecule has 0 radical (unpaired) electrons. The minimum atomic E-state index is -0.160. The molecule has 6 heteroatoms. The third-order valence-electron chi connectivity index (χ3n) is 4.08. The summed E-state index contributed by atoms with van der Waals surface area (Å²) in [6, 6.07) is 16.3. The molecule has 0 saturated carbocycles. The number of nitrogens with zero attached hydrogens (tertiary/aromatic N) is 3. The maximum absolute atomic E-state index is 12.5. The first-order valence-electron chi connectivity index (χ1n) is 7.70. The van der Waals surface area contributed by atoms with Crippen LogP contribution < -0.4 is 9.80 Å². The molecular formula is C18H18ClN3O2. The summed E-state index contributed by atoms with van der Waals surface area (Å²) < 4.78 is 0. The summed E-state index contributed by atoms with van der Waals surface area (Å²) in [5, 5.41) is 0.627. The number of hydrogen-bond donors (Lipinski definition) is 0. The van der Waals surface area contributed by atoms with Gasteiger partial charge < -0.3 is 9.80 Å². The van der Waals surface area contributed by atoms with Gasteiger partial charge in [0.15, 0.2) is 0 Å². The van der Waals surface area contributed by atoms with Crippen molar-refractivity contribution in [3.8, 4) is 0 Å². The van der Waals surface area contributed by atoms with Crippen LogP contribution in [0.1, 0.15) is 0 Å². The lowest BCUT2D eigenvalue weighted by Gasteiger charge is -2.22. The lowest BCUT2D eigenvalue weighted by atomic mass is 10.3. The first-order valence-corrected chi connectivity index (χ1v) is 8.07. The quantitative estimate of drug-likeness (QED) is 0.855. The zero-order chi connectivity index (χ0) is 17.1. The van der Waals surface area contributed by atoms with Gasteiger partial charge in [-0.15, -0.1) is 0 Å². The molecule has 0 aromatic heterocycles. The monoisotopic (exact) mass is 343 g/mol. The van der Waals surface area contributed by atoms with Crippen LogP contribution in [0.25, 0.3) is 0 Å². The minimum absolute atomic E-state index is 0.0638. The van der Waals surface area contributed by atoms with Crippen LogP contribution in [0, 0.1) is 0 Å². The Kier molecular flexibility index (Phi) is 4.71. The molecule has 0 bridgehead atoms. The average Bonchev–Trinajstić information content (AvgIpc) is 2.96. The largest absolute Gasteiger partial charge is 0.325 e. The van der Waals surface area contributed by atoms with E-state index >= 15 is 0 Å². The molecule has 0 unspecified atom stereocenters. The molecule has 0 atom stereocenters. The van der Waals surface area contributed by atoms with Gasteiger partial charge in [-0.1, -0.05) is 29.8 Å². The standard InChI is InChI=1S/C18H18ClN3O2/c1-20(15-5-3-2-4-6-15)17(23)13-21-11-12-22(18(21)24)16-9-7-14(19)8-10-16/h2-10H,11-13H2,1H3. The molecule has 0 aliphatic carbocycles. The van der Waals surface area contributed by atoms with E-state index in [9.17, 15) is 9.59 Å². The van der Waals surface area contributed by atoms with Gasteiger partial charge in [0.25, 0.3) is 0 Å². The van der Waals surface area contributed by atoms with Crippen LogP contribution in [-0.4, -0.2) is 43.5 Å². The average molecular weight is 344 g/mol. The summed E-state index contributed by atoms with van der Waals surface area (Å²) in [5.41, 5.74) is 1.60. The summed E-state index contributed by atoms with van der Waals surface area (Å²) in [7, 11) is 1.72. The third kappa shape index (κ3) is 3.36. The molecule has 1 saturated heterocycles. The molecule has 24 heavy (non-hydrogen) atoms. The molecule has 0 N–H and O–H groups in total. The fourth-order valence-electron chi connectivity index (χ4n) is 2.65. The van der Waals surface area contributed by atoms with E-state index in [1.165, 1.54) is 0 Å². The van der Waals surface area contributed by atoms with Crippen LogP contribution in [0.4, 0.5) is 16.2 Å². The summed E-state index contributed by atoms with van der Waals surface area (Å²) >= 11 is 5.88. The van der Waals surface area contributed by atoms with Crippen molar-refractivity contribution in [2.24, 2.45) is 0 Å². The Bertz CT molecular complexity index is 734. The van der Waals surface area contributed by atoms with Crippen molar-refractivity contribution in [3.05, 3.63) is 59.6 Å². The van der Waals surface area contributed by atoms with Crippen molar-refractivity contribution in [1.29, 1.82) is 0 Å². The SMILES string of the molecule is CN(C(=O)CN1CCN(c2ccc(Cl)cc2)C1=O)c1ccccc1. The van der Waals surface area contributed by atoms with Crippen LogP contribution in [-0.2, 0) is 4.79 Å². The van der Waals surface area contributed by atoms with Crippen molar-refractivity contribution >= 4 is 34.9 Å². The number of para-hydroxylation sites is 1. The van der Waals surface area contributed by atoms with Crippen LogP contribution in [0.3, 0.4) is 0 Å². The van der Waals surface area contributed by atoms with E-state index in [0.717, 1.165) is 11.4 Å². The predicted octanol–water partition coefficient (Wildman–Crippen LogP) is 3.25. The maximum Gasteiger partial charge on any atom is 0.325 e. The highest BCUT2D eigenvalue weighted by atomic mass is 35.5. The van der Waals surface area contributed by atoms with Gasteiger partial charge >= 0.3 is 6.03 Å². The molecule has 1 fully saturated rings. The highest BCUT2D eigenvalue weighted by Gasteiger charge is 2.31. The number of likely N-dealkylation sites (N-methyl/N-ethyl adjacent to an activating group) is 1. The predicted molar refractivity (Wildman–Crippen MR) is 95.6 cm³/mol. The Balaban J connectivity index is 1.65. The molecule has 3 amide bonds. The third-order valence-corrected chi connectivity index (χ3v) is 4.33. The zero-order valence-electron chi connectivity index (χ0n) is 13.4. The Morgan fingerprint density at radius 1 is 1.08 bits per heavy atom. The van der Waals surface area contributed by atoms with Gasteiger partial charge in [-0.25, -0.2) is 4.79 Å². The molecule has 1 aliphatic rings. The number of rotatable bonds is 4. The van der Waals surface area contributed by atoms with Gasteiger partial charge in [-0.2, -0.15) is 0 Å². The molecule has 124 valence electrons.